The van der Waals surface area contributed by atoms with Crippen LogP contribution in [0.1, 0.15) is 39.2 Å². The Kier molecular flexibility index (Phi) is 4.16. The van der Waals surface area contributed by atoms with E-state index in [0.717, 1.165) is 46.6 Å². The van der Waals surface area contributed by atoms with E-state index in [9.17, 15) is 14.4 Å². The van der Waals surface area contributed by atoms with Crippen LogP contribution in [-0.4, -0.2) is 33.5 Å². The molecule has 0 bridgehead atoms. The van der Waals surface area contributed by atoms with E-state index in [4.69, 9.17) is 5.21 Å². The van der Waals surface area contributed by atoms with E-state index in [2.05, 4.69) is 4.98 Å². The van der Waals surface area contributed by atoms with E-state index in [1.807, 2.05) is 11.0 Å². The number of carbonyl (C=O) groups excluding carboxylic acids is 2. The molecule has 7 nitrogen and oxygen atoms in total. The molecule has 1 aliphatic carbocycles. The highest BCUT2D eigenvalue weighted by atomic mass is 32.1. The number of amides is 2. The lowest BCUT2D eigenvalue weighted by atomic mass is 9.70. The molecular weight excluding hydrogens is 354 g/mol. The second kappa shape index (κ2) is 6.37. The number of nitrogens with one attached hydrogen (secondary N) is 2. The van der Waals surface area contributed by atoms with Gasteiger partial charge in [0.2, 0.25) is 5.91 Å². The van der Waals surface area contributed by atoms with Crippen molar-refractivity contribution in [2.24, 2.45) is 5.41 Å². The number of aryl methyl sites for hydroxylation is 1. The predicted molar refractivity (Wildman–Crippen MR) is 95.1 cm³/mol. The highest BCUT2D eigenvalue weighted by Crippen LogP contribution is 2.44. The minimum Gasteiger partial charge on any atom is -0.337 e. The number of fused-ring (bicyclic) bond motifs is 1. The topological polar surface area (TPSA) is 102 Å². The van der Waals surface area contributed by atoms with Crippen LogP contribution < -0.4 is 10.4 Å². The fourth-order valence-corrected chi connectivity index (χ4v) is 4.78. The van der Waals surface area contributed by atoms with E-state index in [0.29, 0.717) is 25.1 Å². The maximum atomic E-state index is 13.1. The average molecular weight is 373 g/mol. The van der Waals surface area contributed by atoms with Gasteiger partial charge >= 0.3 is 4.87 Å². The van der Waals surface area contributed by atoms with Crippen LogP contribution in [0.3, 0.4) is 0 Å². The number of hydrogen-bond acceptors (Lipinski definition) is 5. The van der Waals surface area contributed by atoms with Crippen molar-refractivity contribution < 1.29 is 14.8 Å². The summed E-state index contributed by atoms with van der Waals surface area (Å²) in [6, 6.07) is 5.37. The van der Waals surface area contributed by atoms with Crippen molar-refractivity contribution in [1.29, 1.82) is 0 Å². The van der Waals surface area contributed by atoms with Gasteiger partial charge in [0.15, 0.2) is 0 Å². The quantitative estimate of drug-likeness (QED) is 0.560. The van der Waals surface area contributed by atoms with Crippen LogP contribution in [0.5, 0.6) is 0 Å². The molecule has 1 fully saturated rings. The van der Waals surface area contributed by atoms with Crippen molar-refractivity contribution >= 4 is 23.2 Å². The van der Waals surface area contributed by atoms with E-state index >= 15 is 0 Å². The molecular formula is C18H19N3O4S. The Morgan fingerprint density at radius 1 is 1.31 bits per heavy atom. The smallest absolute Gasteiger partial charge is 0.304 e. The summed E-state index contributed by atoms with van der Waals surface area (Å²) in [5, 5.41) is 8.83. The summed E-state index contributed by atoms with van der Waals surface area (Å²) in [6.45, 7) is 1.14. The SMILES string of the molecule is O=C(NO)c1ccc2c(c1)C[C@@]1(CC2)CCN(Cc2c[nH]c(=O)s2)C1=O. The molecule has 3 N–H and O–H groups in total. The van der Waals surface area contributed by atoms with Gasteiger partial charge in [-0.15, -0.1) is 0 Å². The number of benzene rings is 1. The summed E-state index contributed by atoms with van der Waals surface area (Å²) in [6.07, 6.45) is 4.65. The molecule has 2 aromatic rings. The van der Waals surface area contributed by atoms with Crippen LogP contribution >= 0.6 is 11.3 Å². The molecule has 0 radical (unpaired) electrons. The van der Waals surface area contributed by atoms with Gasteiger partial charge in [-0.25, -0.2) is 5.48 Å². The number of aromatic nitrogens is 1. The summed E-state index contributed by atoms with van der Waals surface area (Å²) >= 11 is 1.13. The van der Waals surface area contributed by atoms with Crippen molar-refractivity contribution in [2.75, 3.05) is 6.54 Å². The standard InChI is InChI=1S/C18H19N3O4S/c22-15(20-25)12-2-1-11-3-4-18(8-13(11)7-12)5-6-21(16(18)23)10-14-9-19-17(24)26-14/h1-2,7,9,25H,3-6,8,10H2,(H,19,24)(H,20,22)/t18-/m1/s1. The fraction of sp³-hybridized carbons (Fsp3) is 0.389. The minimum absolute atomic E-state index is 0.109. The van der Waals surface area contributed by atoms with Crippen LogP contribution in [0.25, 0.3) is 0 Å². The summed E-state index contributed by atoms with van der Waals surface area (Å²) in [4.78, 5) is 41.3. The zero-order chi connectivity index (χ0) is 18.3. The summed E-state index contributed by atoms with van der Waals surface area (Å²) in [5.74, 6) is -0.421. The molecule has 4 rings (SSSR count). The van der Waals surface area contributed by atoms with Crippen molar-refractivity contribution in [3.63, 3.8) is 0 Å². The normalized spacial score (nSPS) is 21.9. The van der Waals surface area contributed by atoms with E-state index in [-0.39, 0.29) is 10.8 Å². The number of thiazole rings is 1. The van der Waals surface area contributed by atoms with Gasteiger partial charge in [0, 0.05) is 23.2 Å². The largest absolute Gasteiger partial charge is 0.337 e. The molecule has 1 spiro atoms. The van der Waals surface area contributed by atoms with Crippen LogP contribution in [0.15, 0.2) is 29.2 Å². The molecule has 1 aromatic heterocycles. The fourth-order valence-electron chi connectivity index (χ4n) is 4.09. The number of carbonyl (C=O) groups is 2. The zero-order valence-electron chi connectivity index (χ0n) is 14.1. The van der Waals surface area contributed by atoms with E-state index in [1.54, 1.807) is 23.8 Å². The highest BCUT2D eigenvalue weighted by Gasteiger charge is 2.48. The van der Waals surface area contributed by atoms with Gasteiger partial charge in [-0.05, 0) is 48.9 Å². The van der Waals surface area contributed by atoms with Crippen molar-refractivity contribution in [3.05, 3.63) is 55.6 Å². The number of likely N-dealkylation sites (tertiary alicyclic amines) is 1. The van der Waals surface area contributed by atoms with Crippen molar-refractivity contribution in [2.45, 2.75) is 32.2 Å². The first kappa shape index (κ1) is 17.0. The Balaban J connectivity index is 1.56. The zero-order valence-corrected chi connectivity index (χ0v) is 14.9. The van der Waals surface area contributed by atoms with Crippen LogP contribution in [0.4, 0.5) is 0 Å². The van der Waals surface area contributed by atoms with Gasteiger partial charge in [-0.1, -0.05) is 17.4 Å². The Labute approximate surface area is 153 Å². The lowest BCUT2D eigenvalue weighted by Gasteiger charge is -2.33. The Morgan fingerprint density at radius 2 is 2.15 bits per heavy atom. The molecule has 1 atom stereocenters. The summed E-state index contributed by atoms with van der Waals surface area (Å²) in [7, 11) is 0. The number of rotatable bonds is 3. The molecule has 1 saturated heterocycles. The third-order valence-electron chi connectivity index (χ3n) is 5.49. The summed E-state index contributed by atoms with van der Waals surface area (Å²) in [5.41, 5.74) is 3.77. The third kappa shape index (κ3) is 2.85. The summed E-state index contributed by atoms with van der Waals surface area (Å²) < 4.78 is 0. The molecule has 26 heavy (non-hydrogen) atoms. The number of aromatic amines is 1. The first-order valence-electron chi connectivity index (χ1n) is 8.54. The molecule has 2 aliphatic rings. The Morgan fingerprint density at radius 3 is 2.88 bits per heavy atom. The first-order valence-corrected chi connectivity index (χ1v) is 9.35. The molecule has 0 saturated carbocycles. The monoisotopic (exact) mass is 373 g/mol. The molecule has 0 unspecified atom stereocenters. The highest BCUT2D eigenvalue weighted by molar-refractivity contribution is 7.09. The van der Waals surface area contributed by atoms with Gasteiger partial charge in [0.25, 0.3) is 5.91 Å². The Hall–Kier alpha value is -2.45. The number of H-pyrrole nitrogens is 1. The minimum atomic E-state index is -0.547. The van der Waals surface area contributed by atoms with Crippen LogP contribution in [-0.2, 0) is 24.2 Å². The van der Waals surface area contributed by atoms with Gasteiger partial charge in [0.05, 0.1) is 12.0 Å². The van der Waals surface area contributed by atoms with Gasteiger partial charge < -0.3 is 9.88 Å². The van der Waals surface area contributed by atoms with E-state index < -0.39 is 11.3 Å². The van der Waals surface area contributed by atoms with Crippen molar-refractivity contribution in [1.82, 2.24) is 15.4 Å². The van der Waals surface area contributed by atoms with Gasteiger partial charge in [0.1, 0.15) is 0 Å². The van der Waals surface area contributed by atoms with Crippen LogP contribution in [0.2, 0.25) is 0 Å². The molecule has 2 heterocycles. The van der Waals surface area contributed by atoms with E-state index in [1.165, 1.54) is 0 Å². The molecule has 1 aliphatic heterocycles. The molecule has 136 valence electrons. The van der Waals surface area contributed by atoms with Crippen molar-refractivity contribution in [3.8, 4) is 0 Å². The Bertz CT molecular complexity index is 935. The first-order chi connectivity index (χ1) is 12.5. The number of hydrogen-bond donors (Lipinski definition) is 3. The lowest BCUT2D eigenvalue weighted by Crippen LogP contribution is -2.38. The lowest BCUT2D eigenvalue weighted by molar-refractivity contribution is -0.137. The molecule has 2 amide bonds. The number of hydroxylamine groups is 1. The van der Waals surface area contributed by atoms with Gasteiger partial charge in [-0.2, -0.15) is 0 Å². The maximum absolute atomic E-state index is 13.1. The third-order valence-corrected chi connectivity index (χ3v) is 6.31. The molecule has 1 aromatic carbocycles. The second-order valence-corrected chi connectivity index (χ2v) is 8.10. The maximum Gasteiger partial charge on any atom is 0.304 e. The molecule has 8 heteroatoms. The average Bonchev–Trinajstić information content (AvgIpc) is 3.19. The van der Waals surface area contributed by atoms with Crippen LogP contribution in [0, 0.1) is 5.41 Å². The predicted octanol–water partition coefficient (Wildman–Crippen LogP) is 1.46. The van der Waals surface area contributed by atoms with Gasteiger partial charge in [-0.3, -0.25) is 19.6 Å². The second-order valence-electron chi connectivity index (χ2n) is 7.00. The number of nitrogens with zero attached hydrogens (tertiary/aromatic N) is 1.